The number of nitrogens with zero attached hydrogens (tertiary/aromatic N) is 18. The summed E-state index contributed by atoms with van der Waals surface area (Å²) in [6, 6.07) is 33.7. The Labute approximate surface area is 451 Å². The minimum Gasteiger partial charge on any atom is -0.258 e. The number of pyridine rings is 2. The summed E-state index contributed by atoms with van der Waals surface area (Å²) in [5, 5.41) is 70.9. The minimum atomic E-state index is -4.43. The van der Waals surface area contributed by atoms with Gasteiger partial charge in [-0.3, -0.25) is 40.5 Å². The van der Waals surface area contributed by atoms with Gasteiger partial charge in [0.15, 0.2) is 11.3 Å². The van der Waals surface area contributed by atoms with Gasteiger partial charge < -0.3 is 0 Å². The summed E-state index contributed by atoms with van der Waals surface area (Å²) in [5.41, 5.74) is 5.35. The molecule has 0 bridgehead atoms. The van der Waals surface area contributed by atoms with Gasteiger partial charge in [0.1, 0.15) is 27.8 Å². The molecule has 0 fully saturated rings. The molecule has 0 spiro atoms. The average molecular weight is 1130 g/mol. The second-order valence-corrected chi connectivity index (χ2v) is 16.5. The van der Waals surface area contributed by atoms with Gasteiger partial charge in [0.05, 0.1) is 42.4 Å². The van der Waals surface area contributed by atoms with E-state index in [-0.39, 0.29) is 33.3 Å². The number of fused-ring (bicyclic) bond motifs is 4. The molecule has 0 atom stereocenters. The molecule has 5 aromatic carbocycles. The van der Waals surface area contributed by atoms with E-state index in [4.69, 9.17) is 0 Å². The van der Waals surface area contributed by atoms with Crippen LogP contribution in [-0.2, 0) is 40.5 Å². The Morgan fingerprint density at radius 3 is 1.46 bits per heavy atom. The highest BCUT2D eigenvalue weighted by Crippen LogP contribution is 2.31. The van der Waals surface area contributed by atoms with Gasteiger partial charge >= 0.3 is 12.4 Å². The highest BCUT2D eigenvalue weighted by molar-refractivity contribution is 5.75. The molecule has 0 aliphatic heterocycles. The normalized spacial score (nSPS) is 10.7. The van der Waals surface area contributed by atoms with E-state index in [1.165, 1.54) is 65.8 Å². The van der Waals surface area contributed by atoms with Crippen molar-refractivity contribution in [2.45, 2.75) is 33.1 Å². The van der Waals surface area contributed by atoms with Gasteiger partial charge in [-0.25, -0.2) is 28.7 Å². The van der Waals surface area contributed by atoms with Crippen molar-refractivity contribution in [3.05, 3.63) is 208 Å². The number of alkyl halides is 6. The Kier molecular flexibility index (Phi) is 20.3. The highest BCUT2D eigenvalue weighted by atomic mass is 19.4. The molecule has 0 saturated heterocycles. The van der Waals surface area contributed by atoms with Crippen molar-refractivity contribution in [1.82, 2.24) is 69.9 Å². The number of para-hydroxylation sites is 2. The molecule has 0 radical (unpaired) electrons. The fourth-order valence-electron chi connectivity index (χ4n) is 6.48. The van der Waals surface area contributed by atoms with E-state index < -0.39 is 38.4 Å². The van der Waals surface area contributed by atoms with Crippen molar-refractivity contribution < 1.29 is 46.0 Å². The molecule has 0 saturated carbocycles. The van der Waals surface area contributed by atoms with Gasteiger partial charge in [-0.2, -0.15) is 26.3 Å². The Morgan fingerprint density at radius 1 is 0.432 bits per heavy atom. The van der Waals surface area contributed by atoms with Crippen molar-refractivity contribution in [2.24, 2.45) is 28.2 Å². The molecule has 81 heavy (non-hydrogen) atoms. The van der Waals surface area contributed by atoms with Crippen molar-refractivity contribution >= 4 is 67.1 Å². The van der Waals surface area contributed by atoms with E-state index in [9.17, 15) is 66.8 Å². The molecule has 11 aromatic rings. The minimum absolute atomic E-state index is 0.125. The lowest BCUT2D eigenvalue weighted by atomic mass is 10.2. The lowest BCUT2D eigenvalue weighted by molar-refractivity contribution is -0.394. The van der Waals surface area contributed by atoms with Crippen LogP contribution in [0.5, 0.6) is 0 Å². The zero-order valence-electron chi connectivity index (χ0n) is 43.4. The number of aromatic nitrogens is 14. The largest absolute Gasteiger partial charge is 0.433 e. The van der Waals surface area contributed by atoms with Crippen LogP contribution in [0.2, 0.25) is 0 Å². The number of nitro benzene ring substituents is 4. The first kappa shape index (κ1) is 61.0. The quantitative estimate of drug-likeness (QED) is 0.0898. The fourth-order valence-corrected chi connectivity index (χ4v) is 6.48. The van der Waals surface area contributed by atoms with E-state index in [1.54, 1.807) is 59.9 Å². The van der Waals surface area contributed by atoms with E-state index in [2.05, 4.69) is 51.2 Å². The van der Waals surface area contributed by atoms with Crippen LogP contribution in [0, 0.1) is 61.2 Å². The van der Waals surface area contributed by atoms with Crippen LogP contribution in [0.25, 0.3) is 44.4 Å². The first-order valence-corrected chi connectivity index (χ1v) is 22.9. The van der Waals surface area contributed by atoms with Crippen LogP contribution < -0.4 is 0 Å². The summed E-state index contributed by atoms with van der Waals surface area (Å²) in [6.45, 7) is 5.14. The van der Waals surface area contributed by atoms with Crippen LogP contribution >= 0.6 is 0 Å². The fraction of sp³-hybridized carbons (Fsp3) is 0.184. The van der Waals surface area contributed by atoms with Crippen molar-refractivity contribution in [3.63, 3.8) is 0 Å². The number of nitro groups is 4. The summed E-state index contributed by atoms with van der Waals surface area (Å²) in [5.74, 6) is 0. The Hall–Kier alpha value is -10.8. The number of non-ortho nitro benzene ring substituents is 2. The van der Waals surface area contributed by atoms with Crippen LogP contribution in [0.4, 0.5) is 49.1 Å². The first-order chi connectivity index (χ1) is 38.2. The zero-order chi connectivity index (χ0) is 59.8. The van der Waals surface area contributed by atoms with Gasteiger partial charge in [-0.05, 0) is 81.4 Å². The van der Waals surface area contributed by atoms with E-state index in [0.717, 1.165) is 52.0 Å². The average Bonchev–Trinajstić information content (AvgIpc) is 4.22. The summed E-state index contributed by atoms with van der Waals surface area (Å²) >= 11 is 0. The standard InChI is InChI=1S/C8H6F3N3.C7H5F3N4.C7H7N3.C7H6N2O4.2C7H7NO2.C6H6N4/c1-14-7-4-5(8(9,10)11)2-3-6(7)12-13-14;1-14-6-4(12-13-14)2-3-5(11-6)7(8,9)10;1-10-7-5-3-2-4-6(7)8-9-10;1-5-2-3-6(8(10)11)4-7(5)9(12)13;1-6-2-4-7(5-3-6)8(9)10;1-6-4-2-3-5-7(6)8(9)10;1-10-6-5(8-9-10)3-2-4-7-6/h2-4H,1H3;2-3H,1H3;2-5H,1H3;2-4H,1H3;2*2-5H,1H3;2-4H,1H3. The SMILES string of the molecule is Cc1ccc([N+](=O)[O-])cc1.Cc1ccc([N+](=O)[O-])cc1[N+](=O)[O-].Cc1ccccc1[N+](=O)[O-].Cn1nnc2ccc(C(F)(F)F)cc21.Cn1nnc2ccc(C(F)(F)F)nc21.Cn1nnc2ccccc21.Cn1nnc2cccnc21. The Bertz CT molecular complexity index is 3800. The third-order valence-corrected chi connectivity index (χ3v) is 10.7. The molecule has 0 aliphatic carbocycles. The number of aryl methyl sites for hydroxylation is 7. The smallest absolute Gasteiger partial charge is 0.258 e. The summed E-state index contributed by atoms with van der Waals surface area (Å²) in [4.78, 5) is 46.4. The molecule has 0 N–H and O–H groups in total. The molecule has 11 rings (SSSR count). The van der Waals surface area contributed by atoms with Gasteiger partial charge in [0.2, 0.25) is 0 Å². The van der Waals surface area contributed by atoms with Crippen molar-refractivity contribution in [2.75, 3.05) is 0 Å². The zero-order valence-corrected chi connectivity index (χ0v) is 43.4. The molecule has 0 amide bonds. The molecule has 0 unspecified atom stereocenters. The second kappa shape index (κ2) is 27.0. The number of hydrogen-bond donors (Lipinski definition) is 0. The predicted molar refractivity (Wildman–Crippen MR) is 280 cm³/mol. The van der Waals surface area contributed by atoms with E-state index in [0.29, 0.717) is 27.7 Å². The van der Waals surface area contributed by atoms with E-state index in [1.807, 2.05) is 57.4 Å². The molecule has 26 nitrogen and oxygen atoms in total. The lowest BCUT2D eigenvalue weighted by Gasteiger charge is -2.05. The van der Waals surface area contributed by atoms with Crippen LogP contribution in [0.3, 0.4) is 0 Å². The van der Waals surface area contributed by atoms with Crippen LogP contribution in [0.15, 0.2) is 140 Å². The van der Waals surface area contributed by atoms with Crippen LogP contribution in [0.1, 0.15) is 27.9 Å². The van der Waals surface area contributed by atoms with Crippen molar-refractivity contribution in [3.8, 4) is 0 Å². The maximum absolute atomic E-state index is 12.3. The van der Waals surface area contributed by atoms with Crippen molar-refractivity contribution in [1.29, 1.82) is 0 Å². The van der Waals surface area contributed by atoms with Gasteiger partial charge in [0.25, 0.3) is 22.7 Å². The molecule has 32 heteroatoms. The number of halogens is 6. The van der Waals surface area contributed by atoms with E-state index >= 15 is 0 Å². The third kappa shape index (κ3) is 17.1. The summed E-state index contributed by atoms with van der Waals surface area (Å²) in [6.07, 6.45) is -7.03. The Morgan fingerprint density at radius 2 is 0.914 bits per heavy atom. The number of benzene rings is 5. The van der Waals surface area contributed by atoms with Gasteiger partial charge in [-0.1, -0.05) is 68.9 Å². The second-order valence-electron chi connectivity index (χ2n) is 16.5. The highest BCUT2D eigenvalue weighted by Gasteiger charge is 2.33. The molecular weight excluding hydrogens is 1080 g/mol. The number of hydrogen-bond acceptors (Lipinski definition) is 18. The van der Waals surface area contributed by atoms with Gasteiger partial charge in [-0.15, -0.1) is 20.4 Å². The Balaban J connectivity index is 0.000000174. The third-order valence-electron chi connectivity index (χ3n) is 10.7. The predicted octanol–water partition coefficient (Wildman–Crippen LogP) is 10.3. The number of rotatable bonds is 4. The molecule has 6 aromatic heterocycles. The summed E-state index contributed by atoms with van der Waals surface area (Å²) < 4.78 is 79.6. The summed E-state index contributed by atoms with van der Waals surface area (Å²) in [7, 11) is 6.75. The van der Waals surface area contributed by atoms with Crippen LogP contribution in [-0.4, -0.2) is 89.6 Å². The molecule has 0 aliphatic rings. The monoisotopic (exact) mass is 1130 g/mol. The lowest BCUT2D eigenvalue weighted by Crippen LogP contribution is -2.08. The molecule has 420 valence electrons. The molecule has 6 heterocycles. The maximum atomic E-state index is 12.3. The molecular formula is C49H44F6N18O8. The first-order valence-electron chi connectivity index (χ1n) is 22.9. The topological polar surface area (TPSA) is 321 Å². The maximum Gasteiger partial charge on any atom is 0.433 e. The van der Waals surface area contributed by atoms with Gasteiger partial charge in [0, 0.05) is 69.8 Å².